The van der Waals surface area contributed by atoms with Crippen molar-refractivity contribution in [3.05, 3.63) is 29.3 Å². The summed E-state index contributed by atoms with van der Waals surface area (Å²) in [4.78, 5) is 0. The van der Waals surface area contributed by atoms with E-state index < -0.39 is 7.12 Å². The molecule has 1 heterocycles. The second-order valence-corrected chi connectivity index (χ2v) is 3.68. The number of nitrogens with one attached hydrogen (secondary N) is 1. The van der Waals surface area contributed by atoms with Crippen molar-refractivity contribution in [2.45, 2.75) is 19.4 Å². The van der Waals surface area contributed by atoms with Gasteiger partial charge in [-0.3, -0.25) is 0 Å². The molecular formula is C10H14BNO2. The first kappa shape index (κ1) is 9.71. The molecule has 3 nitrogen and oxygen atoms in total. The van der Waals surface area contributed by atoms with Crippen LogP contribution < -0.4 is 10.8 Å². The molecule has 0 atom stereocenters. The molecule has 1 aliphatic rings. The molecule has 0 saturated heterocycles. The van der Waals surface area contributed by atoms with Crippen molar-refractivity contribution in [2.75, 3.05) is 6.54 Å². The molecule has 3 N–H and O–H groups in total. The monoisotopic (exact) mass is 191 g/mol. The van der Waals surface area contributed by atoms with Crippen molar-refractivity contribution >= 4 is 12.6 Å². The molecule has 0 radical (unpaired) electrons. The topological polar surface area (TPSA) is 52.5 Å². The third-order valence-corrected chi connectivity index (χ3v) is 2.64. The van der Waals surface area contributed by atoms with E-state index in [1.807, 2.05) is 12.1 Å². The summed E-state index contributed by atoms with van der Waals surface area (Å²) >= 11 is 0. The molecular weight excluding hydrogens is 177 g/mol. The summed E-state index contributed by atoms with van der Waals surface area (Å²) in [5.74, 6) is 0. The van der Waals surface area contributed by atoms with E-state index in [0.29, 0.717) is 5.46 Å². The van der Waals surface area contributed by atoms with Crippen LogP contribution in [0, 0.1) is 0 Å². The Labute approximate surface area is 83.9 Å². The van der Waals surface area contributed by atoms with Gasteiger partial charge < -0.3 is 15.4 Å². The van der Waals surface area contributed by atoms with Crippen LogP contribution in [-0.4, -0.2) is 23.7 Å². The zero-order valence-electron chi connectivity index (χ0n) is 8.03. The van der Waals surface area contributed by atoms with Crippen LogP contribution in [-0.2, 0) is 13.0 Å². The van der Waals surface area contributed by atoms with E-state index in [4.69, 9.17) is 10.0 Å². The van der Waals surface area contributed by atoms with Crippen LogP contribution in [0.3, 0.4) is 0 Å². The fraction of sp³-hybridized carbons (Fsp3) is 0.400. The third-order valence-electron chi connectivity index (χ3n) is 2.64. The van der Waals surface area contributed by atoms with Gasteiger partial charge in [-0.2, -0.15) is 0 Å². The van der Waals surface area contributed by atoms with Gasteiger partial charge in [0, 0.05) is 6.54 Å². The molecule has 0 saturated carbocycles. The molecule has 0 aromatic heterocycles. The maximum Gasteiger partial charge on any atom is 0.488 e. The van der Waals surface area contributed by atoms with Gasteiger partial charge in [-0.05, 0) is 36.0 Å². The maximum atomic E-state index is 9.04. The molecule has 74 valence electrons. The predicted molar refractivity (Wildman–Crippen MR) is 56.3 cm³/mol. The first-order valence-electron chi connectivity index (χ1n) is 4.96. The van der Waals surface area contributed by atoms with Crippen LogP contribution in [0.1, 0.15) is 17.5 Å². The van der Waals surface area contributed by atoms with Crippen LogP contribution >= 0.6 is 0 Å². The van der Waals surface area contributed by atoms with Gasteiger partial charge in [-0.25, -0.2) is 0 Å². The Kier molecular flexibility index (Phi) is 2.86. The fourth-order valence-electron chi connectivity index (χ4n) is 1.84. The molecule has 0 bridgehead atoms. The quantitative estimate of drug-likeness (QED) is 0.519. The van der Waals surface area contributed by atoms with Crippen LogP contribution in [0.4, 0.5) is 0 Å². The second-order valence-electron chi connectivity index (χ2n) is 3.68. The largest absolute Gasteiger partial charge is 0.488 e. The van der Waals surface area contributed by atoms with E-state index in [9.17, 15) is 0 Å². The van der Waals surface area contributed by atoms with Crippen molar-refractivity contribution in [3.8, 4) is 0 Å². The lowest BCUT2D eigenvalue weighted by Gasteiger charge is -2.07. The smallest absolute Gasteiger partial charge is 0.423 e. The molecule has 1 aromatic carbocycles. The molecule has 1 aliphatic heterocycles. The van der Waals surface area contributed by atoms with Crippen molar-refractivity contribution in [1.29, 1.82) is 0 Å². The summed E-state index contributed by atoms with van der Waals surface area (Å²) < 4.78 is 0. The summed E-state index contributed by atoms with van der Waals surface area (Å²) in [6.07, 6.45) is 2.13. The summed E-state index contributed by atoms with van der Waals surface area (Å²) in [7, 11) is -1.35. The number of fused-ring (bicyclic) bond motifs is 1. The standard InChI is InChI=1S/C10H14BNO2/c13-11(14)10-4-3-9-7-12-5-1-2-8(9)6-10/h3-4,6,12-14H,1-2,5,7H2. The Balaban J connectivity index is 2.32. The third kappa shape index (κ3) is 1.98. The van der Waals surface area contributed by atoms with E-state index in [1.54, 1.807) is 6.07 Å². The van der Waals surface area contributed by atoms with Gasteiger partial charge in [0.15, 0.2) is 0 Å². The Bertz CT molecular complexity index is 328. The van der Waals surface area contributed by atoms with Crippen molar-refractivity contribution in [2.24, 2.45) is 0 Å². The highest BCUT2D eigenvalue weighted by molar-refractivity contribution is 6.58. The molecule has 0 fully saturated rings. The minimum Gasteiger partial charge on any atom is -0.423 e. The van der Waals surface area contributed by atoms with E-state index in [-0.39, 0.29) is 0 Å². The Morgan fingerprint density at radius 3 is 2.86 bits per heavy atom. The van der Waals surface area contributed by atoms with Crippen LogP contribution in [0.2, 0.25) is 0 Å². The van der Waals surface area contributed by atoms with E-state index in [2.05, 4.69) is 5.32 Å². The molecule has 1 aromatic rings. The summed E-state index contributed by atoms with van der Waals surface area (Å²) in [6, 6.07) is 5.64. The molecule has 0 amide bonds. The van der Waals surface area contributed by atoms with Gasteiger partial charge in [0.1, 0.15) is 0 Å². The zero-order valence-corrected chi connectivity index (χ0v) is 8.03. The van der Waals surface area contributed by atoms with Crippen molar-refractivity contribution < 1.29 is 10.0 Å². The van der Waals surface area contributed by atoms with Gasteiger partial charge in [0.05, 0.1) is 0 Å². The van der Waals surface area contributed by atoms with Gasteiger partial charge >= 0.3 is 7.12 Å². The molecule has 0 unspecified atom stereocenters. The molecule has 4 heteroatoms. The minimum atomic E-state index is -1.35. The number of hydrogen-bond acceptors (Lipinski definition) is 3. The Morgan fingerprint density at radius 1 is 1.21 bits per heavy atom. The first-order chi connectivity index (χ1) is 6.77. The molecule has 0 spiro atoms. The summed E-state index contributed by atoms with van der Waals surface area (Å²) in [5.41, 5.74) is 3.10. The number of rotatable bonds is 1. The normalized spacial score (nSPS) is 15.9. The Morgan fingerprint density at radius 2 is 2.07 bits per heavy atom. The SMILES string of the molecule is OB(O)c1ccc2c(c1)CCCNC2. The number of benzene rings is 1. The van der Waals surface area contributed by atoms with Gasteiger partial charge in [0.25, 0.3) is 0 Å². The lowest BCUT2D eigenvalue weighted by Crippen LogP contribution is -2.30. The highest BCUT2D eigenvalue weighted by Crippen LogP contribution is 2.12. The lowest BCUT2D eigenvalue weighted by molar-refractivity contribution is 0.425. The van der Waals surface area contributed by atoms with Crippen LogP contribution in [0.5, 0.6) is 0 Å². The average Bonchev–Trinajstić information content (AvgIpc) is 2.41. The highest BCUT2D eigenvalue weighted by Gasteiger charge is 2.14. The van der Waals surface area contributed by atoms with E-state index in [0.717, 1.165) is 25.9 Å². The van der Waals surface area contributed by atoms with Gasteiger partial charge in [-0.1, -0.05) is 18.2 Å². The number of aryl methyl sites for hydroxylation is 1. The fourth-order valence-corrected chi connectivity index (χ4v) is 1.84. The minimum absolute atomic E-state index is 0.589. The Hall–Kier alpha value is -0.835. The van der Waals surface area contributed by atoms with E-state index >= 15 is 0 Å². The predicted octanol–water partition coefficient (Wildman–Crippen LogP) is -0.598. The van der Waals surface area contributed by atoms with E-state index in [1.165, 1.54) is 11.1 Å². The maximum absolute atomic E-state index is 9.04. The molecule has 2 rings (SSSR count). The lowest BCUT2D eigenvalue weighted by atomic mass is 9.78. The average molecular weight is 191 g/mol. The van der Waals surface area contributed by atoms with Gasteiger partial charge in [-0.15, -0.1) is 0 Å². The van der Waals surface area contributed by atoms with Crippen molar-refractivity contribution in [3.63, 3.8) is 0 Å². The zero-order chi connectivity index (χ0) is 9.97. The molecule has 14 heavy (non-hydrogen) atoms. The van der Waals surface area contributed by atoms with Crippen molar-refractivity contribution in [1.82, 2.24) is 5.32 Å². The summed E-state index contributed by atoms with van der Waals surface area (Å²) in [6.45, 7) is 1.92. The van der Waals surface area contributed by atoms with Crippen LogP contribution in [0.25, 0.3) is 0 Å². The molecule has 0 aliphatic carbocycles. The van der Waals surface area contributed by atoms with Crippen LogP contribution in [0.15, 0.2) is 18.2 Å². The summed E-state index contributed by atoms with van der Waals surface area (Å²) in [5, 5.41) is 21.4. The number of hydrogen-bond donors (Lipinski definition) is 3. The first-order valence-corrected chi connectivity index (χ1v) is 4.96. The second kappa shape index (κ2) is 4.13. The highest BCUT2D eigenvalue weighted by atomic mass is 16.4. The van der Waals surface area contributed by atoms with Gasteiger partial charge in [0.2, 0.25) is 0 Å².